The summed E-state index contributed by atoms with van der Waals surface area (Å²) in [6.07, 6.45) is 0.783. The number of rotatable bonds is 8. The molecular formula is C25H25BrN2O4. The molecule has 32 heavy (non-hydrogen) atoms. The highest BCUT2D eigenvalue weighted by Crippen LogP contribution is 2.26. The summed E-state index contributed by atoms with van der Waals surface area (Å²) >= 11 is 3.43. The lowest BCUT2D eigenvalue weighted by atomic mass is 10.1. The van der Waals surface area contributed by atoms with Crippen molar-refractivity contribution in [2.24, 2.45) is 0 Å². The maximum atomic E-state index is 12.3. The lowest BCUT2D eigenvalue weighted by molar-refractivity contribution is -0.123. The van der Waals surface area contributed by atoms with Crippen LogP contribution in [0.25, 0.3) is 0 Å². The van der Waals surface area contributed by atoms with Crippen LogP contribution in [0.5, 0.6) is 11.5 Å². The fourth-order valence-electron chi connectivity index (χ4n) is 3.08. The van der Waals surface area contributed by atoms with E-state index in [1.165, 1.54) is 5.56 Å². The van der Waals surface area contributed by atoms with E-state index < -0.39 is 11.8 Å². The van der Waals surface area contributed by atoms with Crippen LogP contribution in [0, 0.1) is 13.8 Å². The Kier molecular flexibility index (Phi) is 8.27. The van der Waals surface area contributed by atoms with Gasteiger partial charge < -0.3 is 9.47 Å². The van der Waals surface area contributed by atoms with Crippen molar-refractivity contribution in [1.82, 2.24) is 10.9 Å². The van der Waals surface area contributed by atoms with E-state index in [0.717, 1.165) is 17.5 Å². The van der Waals surface area contributed by atoms with Crippen LogP contribution >= 0.6 is 15.9 Å². The molecule has 3 aromatic carbocycles. The van der Waals surface area contributed by atoms with Gasteiger partial charge in [-0.25, -0.2) is 0 Å². The van der Waals surface area contributed by atoms with Gasteiger partial charge >= 0.3 is 0 Å². The standard InChI is InChI=1S/C25H25BrN2O4/c1-17-12-18(2)14-21(13-17)32-16-24(29)27-28-25(30)20-8-9-23(22(26)15-20)31-11-10-19-6-4-3-5-7-19/h3-9,12-15H,10-11,16H2,1-2H3,(H,27,29)(H,28,30). The number of hydrazine groups is 1. The highest BCUT2D eigenvalue weighted by Gasteiger charge is 2.11. The van der Waals surface area contributed by atoms with E-state index in [9.17, 15) is 9.59 Å². The third-order valence-electron chi connectivity index (χ3n) is 4.57. The Hall–Kier alpha value is -3.32. The topological polar surface area (TPSA) is 76.7 Å². The van der Waals surface area contributed by atoms with E-state index in [1.54, 1.807) is 18.2 Å². The van der Waals surface area contributed by atoms with Gasteiger partial charge in [0.2, 0.25) is 0 Å². The van der Waals surface area contributed by atoms with E-state index in [1.807, 2.05) is 62.4 Å². The molecule has 0 aliphatic heterocycles. The average Bonchev–Trinajstić information content (AvgIpc) is 2.77. The van der Waals surface area contributed by atoms with Crippen LogP contribution in [0.4, 0.5) is 0 Å². The van der Waals surface area contributed by atoms with Crippen molar-refractivity contribution in [3.05, 3.63) is 93.5 Å². The number of amides is 2. The number of halogens is 1. The number of aryl methyl sites for hydroxylation is 2. The highest BCUT2D eigenvalue weighted by molar-refractivity contribution is 9.10. The zero-order valence-electron chi connectivity index (χ0n) is 18.0. The van der Waals surface area contributed by atoms with Crippen LogP contribution in [-0.4, -0.2) is 25.0 Å². The minimum absolute atomic E-state index is 0.207. The molecule has 0 saturated carbocycles. The Bertz CT molecular complexity index is 1070. The molecule has 0 aromatic heterocycles. The quantitative estimate of drug-likeness (QED) is 0.449. The van der Waals surface area contributed by atoms with Gasteiger partial charge in [-0.05, 0) is 76.8 Å². The molecule has 166 valence electrons. The first-order chi connectivity index (χ1) is 15.4. The maximum absolute atomic E-state index is 12.3. The monoisotopic (exact) mass is 496 g/mol. The van der Waals surface area contributed by atoms with Gasteiger partial charge in [-0.1, -0.05) is 36.4 Å². The molecule has 6 nitrogen and oxygen atoms in total. The fourth-order valence-corrected chi connectivity index (χ4v) is 3.58. The summed E-state index contributed by atoms with van der Waals surface area (Å²) < 4.78 is 11.9. The second kappa shape index (κ2) is 11.3. The van der Waals surface area contributed by atoms with Gasteiger partial charge in [0.05, 0.1) is 11.1 Å². The first kappa shape index (κ1) is 23.3. The van der Waals surface area contributed by atoms with Crippen molar-refractivity contribution >= 4 is 27.7 Å². The first-order valence-electron chi connectivity index (χ1n) is 10.2. The summed E-state index contributed by atoms with van der Waals surface area (Å²) in [5, 5.41) is 0. The summed E-state index contributed by atoms with van der Waals surface area (Å²) in [5.74, 6) is 0.345. The number of ether oxygens (including phenoxy) is 2. The maximum Gasteiger partial charge on any atom is 0.276 e. The molecule has 0 saturated heterocycles. The number of hydrogen-bond donors (Lipinski definition) is 2. The Labute approximate surface area is 196 Å². The number of carbonyl (C=O) groups is 2. The van der Waals surface area contributed by atoms with Crippen molar-refractivity contribution in [3.63, 3.8) is 0 Å². The molecule has 0 bridgehead atoms. The average molecular weight is 497 g/mol. The van der Waals surface area contributed by atoms with Crippen LogP contribution < -0.4 is 20.3 Å². The molecule has 0 heterocycles. The Morgan fingerprint density at radius 3 is 2.28 bits per heavy atom. The predicted molar refractivity (Wildman–Crippen MR) is 127 cm³/mol. The molecule has 2 N–H and O–H groups in total. The number of benzene rings is 3. The van der Waals surface area contributed by atoms with E-state index in [4.69, 9.17) is 9.47 Å². The minimum Gasteiger partial charge on any atom is -0.492 e. The number of hydrogen-bond acceptors (Lipinski definition) is 4. The molecule has 3 aromatic rings. The van der Waals surface area contributed by atoms with Crippen LogP contribution in [-0.2, 0) is 11.2 Å². The third kappa shape index (κ3) is 7.13. The number of carbonyl (C=O) groups excluding carboxylic acids is 2. The van der Waals surface area contributed by atoms with Crippen molar-refractivity contribution < 1.29 is 19.1 Å². The largest absolute Gasteiger partial charge is 0.492 e. The second-order valence-corrected chi connectivity index (χ2v) is 8.20. The van der Waals surface area contributed by atoms with Crippen molar-refractivity contribution in [3.8, 4) is 11.5 Å². The molecule has 0 radical (unpaired) electrons. The SMILES string of the molecule is Cc1cc(C)cc(OCC(=O)NNC(=O)c2ccc(OCCc3ccccc3)c(Br)c2)c1. The van der Waals surface area contributed by atoms with Crippen molar-refractivity contribution in [2.75, 3.05) is 13.2 Å². The molecule has 3 rings (SSSR count). The van der Waals surface area contributed by atoms with Crippen LogP contribution in [0.3, 0.4) is 0 Å². The molecule has 0 spiro atoms. The molecule has 0 aliphatic carbocycles. The Morgan fingerprint density at radius 1 is 0.875 bits per heavy atom. The first-order valence-corrected chi connectivity index (χ1v) is 11.0. The highest BCUT2D eigenvalue weighted by atomic mass is 79.9. The van der Waals surface area contributed by atoms with Gasteiger partial charge in [0.15, 0.2) is 6.61 Å². The zero-order chi connectivity index (χ0) is 22.9. The summed E-state index contributed by atoms with van der Waals surface area (Å²) in [6.45, 7) is 4.22. The van der Waals surface area contributed by atoms with Crippen LogP contribution in [0.2, 0.25) is 0 Å². The predicted octanol–water partition coefficient (Wildman–Crippen LogP) is 4.53. The van der Waals surface area contributed by atoms with Crippen molar-refractivity contribution in [2.45, 2.75) is 20.3 Å². The van der Waals surface area contributed by atoms with Crippen LogP contribution in [0.1, 0.15) is 27.0 Å². The lowest BCUT2D eigenvalue weighted by Gasteiger charge is -2.11. The Morgan fingerprint density at radius 2 is 1.59 bits per heavy atom. The molecule has 0 fully saturated rings. The molecular weight excluding hydrogens is 472 g/mol. The third-order valence-corrected chi connectivity index (χ3v) is 5.19. The molecule has 0 atom stereocenters. The summed E-state index contributed by atoms with van der Waals surface area (Å²) in [6, 6.07) is 20.8. The minimum atomic E-state index is -0.461. The van der Waals surface area contributed by atoms with E-state index in [0.29, 0.717) is 28.1 Å². The number of nitrogens with one attached hydrogen (secondary N) is 2. The zero-order valence-corrected chi connectivity index (χ0v) is 19.6. The van der Waals surface area contributed by atoms with Crippen LogP contribution in [0.15, 0.2) is 71.2 Å². The summed E-state index contributed by atoms with van der Waals surface area (Å²) in [5.41, 5.74) is 8.41. The van der Waals surface area contributed by atoms with Gasteiger partial charge in [-0.15, -0.1) is 0 Å². The van der Waals surface area contributed by atoms with Gasteiger partial charge in [0, 0.05) is 12.0 Å². The summed E-state index contributed by atoms with van der Waals surface area (Å²) in [4.78, 5) is 24.3. The van der Waals surface area contributed by atoms with Gasteiger partial charge in [0.25, 0.3) is 11.8 Å². The smallest absolute Gasteiger partial charge is 0.276 e. The van der Waals surface area contributed by atoms with E-state index in [-0.39, 0.29) is 6.61 Å². The second-order valence-electron chi connectivity index (χ2n) is 7.34. The molecule has 0 unspecified atom stereocenters. The van der Waals surface area contributed by atoms with E-state index >= 15 is 0 Å². The molecule has 7 heteroatoms. The summed E-state index contributed by atoms with van der Waals surface area (Å²) in [7, 11) is 0. The molecule has 2 amide bonds. The fraction of sp³-hybridized carbons (Fsp3) is 0.200. The normalized spacial score (nSPS) is 10.3. The van der Waals surface area contributed by atoms with E-state index in [2.05, 4.69) is 26.8 Å². The lowest BCUT2D eigenvalue weighted by Crippen LogP contribution is -2.43. The van der Waals surface area contributed by atoms with Crippen molar-refractivity contribution in [1.29, 1.82) is 0 Å². The van der Waals surface area contributed by atoms with Gasteiger partial charge in [-0.3, -0.25) is 20.4 Å². The van der Waals surface area contributed by atoms with Gasteiger partial charge in [-0.2, -0.15) is 0 Å². The van der Waals surface area contributed by atoms with Gasteiger partial charge in [0.1, 0.15) is 11.5 Å². The Balaban J connectivity index is 1.45. The molecule has 0 aliphatic rings.